The first-order valence-electron chi connectivity index (χ1n) is 5.63. The van der Waals surface area contributed by atoms with E-state index in [1.54, 1.807) is 0 Å². The average Bonchev–Trinajstić information content (AvgIpc) is 2.30. The third-order valence-corrected chi connectivity index (χ3v) is 3.06. The van der Waals surface area contributed by atoms with Crippen molar-refractivity contribution in [2.45, 2.75) is 26.2 Å². The molecule has 78 valence electrons. The zero-order valence-corrected chi connectivity index (χ0v) is 9.29. The fourth-order valence-corrected chi connectivity index (χ4v) is 2.23. The van der Waals surface area contributed by atoms with Gasteiger partial charge in [-0.05, 0) is 49.9 Å². The minimum Gasteiger partial charge on any atom is -0.371 e. The normalized spacial score (nSPS) is 16.1. The Kier molecular flexibility index (Phi) is 2.97. The molecule has 1 aromatic carbocycles. The van der Waals surface area contributed by atoms with Crippen LogP contribution in [0.2, 0.25) is 0 Å². The molecule has 15 heavy (non-hydrogen) atoms. The first-order chi connectivity index (χ1) is 7.31. The van der Waals surface area contributed by atoms with E-state index < -0.39 is 0 Å². The number of benzene rings is 1. The summed E-state index contributed by atoms with van der Waals surface area (Å²) in [6.07, 6.45) is 9.39. The van der Waals surface area contributed by atoms with Crippen molar-refractivity contribution in [3.8, 4) is 12.3 Å². The summed E-state index contributed by atoms with van der Waals surface area (Å²) in [5.74, 6) is 2.68. The maximum absolute atomic E-state index is 5.38. The molecule has 0 bridgehead atoms. The van der Waals surface area contributed by atoms with Crippen molar-refractivity contribution in [2.24, 2.45) is 0 Å². The SMILES string of the molecule is C#Cc1ccc(N2CCCCC2)c(C)c1. The van der Waals surface area contributed by atoms with Crippen molar-refractivity contribution < 1.29 is 0 Å². The third-order valence-electron chi connectivity index (χ3n) is 3.06. The van der Waals surface area contributed by atoms with Crippen LogP contribution in [-0.2, 0) is 0 Å². The highest BCUT2D eigenvalue weighted by atomic mass is 15.1. The van der Waals surface area contributed by atoms with Crippen LogP contribution in [0.3, 0.4) is 0 Å². The molecule has 0 atom stereocenters. The molecule has 1 aliphatic rings. The number of anilines is 1. The van der Waals surface area contributed by atoms with Crippen LogP contribution < -0.4 is 4.90 Å². The van der Waals surface area contributed by atoms with Gasteiger partial charge in [0, 0.05) is 24.3 Å². The standard InChI is InChI=1S/C14H17N/c1-3-13-7-8-14(12(2)11-13)15-9-5-4-6-10-15/h1,7-8,11H,4-6,9-10H2,2H3. The lowest BCUT2D eigenvalue weighted by atomic mass is 10.1. The summed E-state index contributed by atoms with van der Waals surface area (Å²) in [5.41, 5.74) is 3.63. The van der Waals surface area contributed by atoms with Crippen LogP contribution in [0.4, 0.5) is 5.69 Å². The Morgan fingerprint density at radius 1 is 1.20 bits per heavy atom. The molecule has 1 nitrogen and oxygen atoms in total. The van der Waals surface area contributed by atoms with E-state index in [-0.39, 0.29) is 0 Å². The molecule has 1 aliphatic heterocycles. The van der Waals surface area contributed by atoms with Gasteiger partial charge in [-0.15, -0.1) is 6.42 Å². The monoisotopic (exact) mass is 199 g/mol. The second-order valence-corrected chi connectivity index (χ2v) is 4.19. The van der Waals surface area contributed by atoms with Gasteiger partial charge in [-0.3, -0.25) is 0 Å². The van der Waals surface area contributed by atoms with Crippen molar-refractivity contribution in [2.75, 3.05) is 18.0 Å². The van der Waals surface area contributed by atoms with E-state index in [0.717, 1.165) is 5.56 Å². The van der Waals surface area contributed by atoms with E-state index in [1.165, 1.54) is 43.6 Å². The quantitative estimate of drug-likeness (QED) is 0.628. The fraction of sp³-hybridized carbons (Fsp3) is 0.429. The number of hydrogen-bond acceptors (Lipinski definition) is 1. The molecule has 0 radical (unpaired) electrons. The van der Waals surface area contributed by atoms with Crippen LogP contribution in [0.25, 0.3) is 0 Å². The van der Waals surface area contributed by atoms with E-state index in [9.17, 15) is 0 Å². The van der Waals surface area contributed by atoms with Crippen molar-refractivity contribution in [3.05, 3.63) is 29.3 Å². The first kappa shape index (κ1) is 10.1. The first-order valence-corrected chi connectivity index (χ1v) is 5.63. The van der Waals surface area contributed by atoms with Crippen molar-refractivity contribution in [3.63, 3.8) is 0 Å². The van der Waals surface area contributed by atoms with Crippen molar-refractivity contribution >= 4 is 5.69 Å². The zero-order valence-electron chi connectivity index (χ0n) is 9.29. The second kappa shape index (κ2) is 4.40. The van der Waals surface area contributed by atoms with Crippen molar-refractivity contribution in [1.82, 2.24) is 0 Å². The van der Waals surface area contributed by atoms with Gasteiger partial charge in [-0.2, -0.15) is 0 Å². The number of terminal acetylenes is 1. The summed E-state index contributed by atoms with van der Waals surface area (Å²) in [5, 5.41) is 0. The molecular weight excluding hydrogens is 182 g/mol. The fourth-order valence-electron chi connectivity index (χ4n) is 2.23. The Morgan fingerprint density at radius 2 is 1.93 bits per heavy atom. The highest BCUT2D eigenvalue weighted by Gasteiger charge is 2.12. The highest BCUT2D eigenvalue weighted by molar-refractivity contribution is 5.56. The molecule has 0 aliphatic carbocycles. The molecule has 0 saturated carbocycles. The van der Waals surface area contributed by atoms with Gasteiger partial charge in [0.2, 0.25) is 0 Å². The van der Waals surface area contributed by atoms with Gasteiger partial charge in [-0.25, -0.2) is 0 Å². The Morgan fingerprint density at radius 3 is 2.53 bits per heavy atom. The van der Waals surface area contributed by atoms with E-state index in [4.69, 9.17) is 6.42 Å². The molecule has 0 spiro atoms. The summed E-state index contributed by atoms with van der Waals surface area (Å²) >= 11 is 0. The van der Waals surface area contributed by atoms with E-state index >= 15 is 0 Å². The summed E-state index contributed by atoms with van der Waals surface area (Å²) in [4.78, 5) is 2.47. The molecular formula is C14H17N. The van der Waals surface area contributed by atoms with Gasteiger partial charge in [0.05, 0.1) is 0 Å². The largest absolute Gasteiger partial charge is 0.371 e. The molecule has 0 aromatic heterocycles. The Bertz CT molecular complexity index is 381. The Labute approximate surface area is 92.1 Å². The molecule has 1 heteroatoms. The van der Waals surface area contributed by atoms with Gasteiger partial charge in [0.25, 0.3) is 0 Å². The highest BCUT2D eigenvalue weighted by Crippen LogP contribution is 2.24. The van der Waals surface area contributed by atoms with Crippen LogP contribution in [0.5, 0.6) is 0 Å². The molecule has 2 rings (SSSR count). The van der Waals surface area contributed by atoms with Gasteiger partial charge >= 0.3 is 0 Å². The predicted molar refractivity (Wildman–Crippen MR) is 65.2 cm³/mol. The smallest absolute Gasteiger partial charge is 0.0396 e. The number of piperidine rings is 1. The number of hydrogen-bond donors (Lipinski definition) is 0. The van der Waals surface area contributed by atoms with Gasteiger partial charge in [0.15, 0.2) is 0 Å². The molecule has 0 N–H and O–H groups in total. The lowest BCUT2D eigenvalue weighted by molar-refractivity contribution is 0.577. The van der Waals surface area contributed by atoms with E-state index in [2.05, 4.69) is 29.9 Å². The predicted octanol–water partition coefficient (Wildman–Crippen LogP) is 2.97. The lowest BCUT2D eigenvalue weighted by Crippen LogP contribution is -2.29. The van der Waals surface area contributed by atoms with Crippen LogP contribution in [0.15, 0.2) is 18.2 Å². The van der Waals surface area contributed by atoms with Crippen LogP contribution in [0, 0.1) is 19.3 Å². The van der Waals surface area contributed by atoms with E-state index in [0.29, 0.717) is 0 Å². The minimum atomic E-state index is 0.980. The third kappa shape index (κ3) is 2.15. The average molecular weight is 199 g/mol. The van der Waals surface area contributed by atoms with Gasteiger partial charge in [-0.1, -0.05) is 5.92 Å². The second-order valence-electron chi connectivity index (χ2n) is 4.19. The Hall–Kier alpha value is -1.42. The molecule has 1 aromatic rings. The van der Waals surface area contributed by atoms with Gasteiger partial charge < -0.3 is 4.90 Å². The zero-order chi connectivity index (χ0) is 10.7. The minimum absolute atomic E-state index is 0.980. The summed E-state index contributed by atoms with van der Waals surface area (Å²) in [6, 6.07) is 6.30. The number of nitrogens with zero attached hydrogens (tertiary/aromatic N) is 1. The summed E-state index contributed by atoms with van der Waals surface area (Å²) in [7, 11) is 0. The van der Waals surface area contributed by atoms with Crippen LogP contribution in [-0.4, -0.2) is 13.1 Å². The molecule has 1 saturated heterocycles. The summed E-state index contributed by atoms with van der Waals surface area (Å²) in [6.45, 7) is 4.53. The Balaban J connectivity index is 2.24. The molecule has 0 unspecified atom stereocenters. The molecule has 0 amide bonds. The maximum atomic E-state index is 5.38. The van der Waals surface area contributed by atoms with Gasteiger partial charge in [0.1, 0.15) is 0 Å². The maximum Gasteiger partial charge on any atom is 0.0396 e. The van der Waals surface area contributed by atoms with Crippen molar-refractivity contribution in [1.29, 1.82) is 0 Å². The number of rotatable bonds is 1. The van der Waals surface area contributed by atoms with Crippen LogP contribution in [0.1, 0.15) is 30.4 Å². The molecule has 1 fully saturated rings. The van der Waals surface area contributed by atoms with Crippen LogP contribution >= 0.6 is 0 Å². The number of aryl methyl sites for hydroxylation is 1. The molecule has 1 heterocycles. The topological polar surface area (TPSA) is 3.24 Å². The lowest BCUT2D eigenvalue weighted by Gasteiger charge is -2.30. The van der Waals surface area contributed by atoms with E-state index in [1.807, 2.05) is 6.07 Å². The summed E-state index contributed by atoms with van der Waals surface area (Å²) < 4.78 is 0.